The number of unbranched alkanes of at least 4 members (excludes halogenated alkanes) is 1. The number of rotatable bonds is 14. The molecule has 0 aromatic heterocycles. The van der Waals surface area contributed by atoms with Crippen LogP contribution in [0, 0.1) is 0 Å². The zero-order chi connectivity index (χ0) is 42.3. The number of aliphatic carboxylic acids is 1. The van der Waals surface area contributed by atoms with Crippen LogP contribution in [0.25, 0.3) is 0 Å². The largest absolute Gasteiger partial charge is 0.508 e. The van der Waals surface area contributed by atoms with E-state index in [1.54, 1.807) is 13.8 Å². The molecule has 2 aromatic carbocycles. The highest BCUT2D eigenvalue weighted by molar-refractivity contribution is 7.80. The fourth-order valence-corrected chi connectivity index (χ4v) is 7.54. The number of aliphatic hydroxyl groups excluding tert-OH is 4. The predicted molar refractivity (Wildman–Crippen MR) is 215 cm³/mol. The minimum absolute atomic E-state index is 0.0928. The number of amides is 1. The number of carboxylic acid groups (broad SMARTS) is 1. The molecule has 0 saturated carbocycles. The molecule has 0 aliphatic carbocycles. The Morgan fingerprint density at radius 3 is 1.74 bits per heavy atom. The number of benzene rings is 2. The van der Waals surface area contributed by atoms with Gasteiger partial charge in [0.15, 0.2) is 10.2 Å². The molecule has 4 rings (SSSR count). The monoisotopic (exact) mass is 839 g/mol. The van der Waals surface area contributed by atoms with E-state index in [-0.39, 0.29) is 50.6 Å². The smallest absolute Gasteiger partial charge is 0.326 e. The van der Waals surface area contributed by atoms with Crippen molar-refractivity contribution in [2.75, 3.05) is 31.4 Å². The van der Waals surface area contributed by atoms with Crippen LogP contribution in [-0.2, 0) is 28.5 Å². The standard InChI is InChI=1S/C37H53N5O13S2/c1-16(35(50)51)42(37(57)41-24-12-10-20(44)15-22(24)31-29(48)33(53-5)27(46)18(3)55-31)34(49)25(8-6-7-13-38)40-36(56)39-23-11-9-19(43)14-21(23)30-28(47)32(52-4)26(45)17(2)54-30/h9-12,14-18,25-33,43-48H,6-8,13,38H2,1-5H3,(H,41,57)(H,50,51)(H2,39,40,56)/t16-,17-,18-,25+,26+,27+,28+,29+,30+,31+,32+,33+/m0/s1. The summed E-state index contributed by atoms with van der Waals surface area (Å²) >= 11 is 11.3. The van der Waals surface area contributed by atoms with Crippen LogP contribution < -0.4 is 21.7 Å². The third-order valence-electron chi connectivity index (χ3n) is 10.1. The number of anilines is 2. The van der Waals surface area contributed by atoms with E-state index in [0.29, 0.717) is 19.4 Å². The summed E-state index contributed by atoms with van der Waals surface area (Å²) in [4.78, 5) is 27.8. The molecule has 0 radical (unpaired) electrons. The SMILES string of the molecule is CO[C@@H]1[C@H](O)[C@H](C)O[C@H](c2cc(O)ccc2NC(=S)N[C@H](CCCCN)C(=O)N(C(=S)Nc2ccc(O)cc2[C@H]2O[C@@H](C)[C@@H](O)[C@@H](OC)[C@@H]2O)[C@@H](C)C(=O)O)[C@H]1O. The second-order valence-corrected chi connectivity index (χ2v) is 14.8. The zero-order valence-electron chi connectivity index (χ0n) is 32.1. The van der Waals surface area contributed by atoms with Gasteiger partial charge >= 0.3 is 5.97 Å². The van der Waals surface area contributed by atoms with Crippen LogP contribution >= 0.6 is 24.4 Å². The highest BCUT2D eigenvalue weighted by Gasteiger charge is 2.46. The van der Waals surface area contributed by atoms with Gasteiger partial charge in [-0.05, 0) is 107 Å². The molecular formula is C37H53N5O13S2. The number of ether oxygens (including phenoxy) is 4. The van der Waals surface area contributed by atoms with Gasteiger partial charge in [0.2, 0.25) is 0 Å². The van der Waals surface area contributed by atoms with E-state index in [4.69, 9.17) is 49.1 Å². The van der Waals surface area contributed by atoms with Gasteiger partial charge in [-0.3, -0.25) is 9.69 Å². The van der Waals surface area contributed by atoms with Crippen molar-refractivity contribution in [1.82, 2.24) is 10.2 Å². The number of carbonyl (C=O) groups is 2. The van der Waals surface area contributed by atoms with Crippen molar-refractivity contribution in [3.05, 3.63) is 47.5 Å². The average molecular weight is 840 g/mol. The van der Waals surface area contributed by atoms with E-state index in [1.165, 1.54) is 57.5 Å². The van der Waals surface area contributed by atoms with Crippen LogP contribution in [0.2, 0.25) is 0 Å². The molecule has 2 aliphatic rings. The Labute approximate surface area is 340 Å². The average Bonchev–Trinajstić information content (AvgIpc) is 3.16. The van der Waals surface area contributed by atoms with E-state index in [1.807, 2.05) is 0 Å². The van der Waals surface area contributed by atoms with Crippen LogP contribution in [0.5, 0.6) is 11.5 Å². The number of carbonyl (C=O) groups excluding carboxylic acids is 1. The van der Waals surface area contributed by atoms with Crippen LogP contribution in [0.4, 0.5) is 11.4 Å². The fraction of sp³-hybridized carbons (Fsp3) is 0.568. The Balaban J connectivity index is 1.64. The molecule has 2 heterocycles. The third-order valence-corrected chi connectivity index (χ3v) is 10.6. The summed E-state index contributed by atoms with van der Waals surface area (Å²) in [6.45, 7) is 4.77. The van der Waals surface area contributed by atoms with Crippen molar-refractivity contribution >= 4 is 57.9 Å². The van der Waals surface area contributed by atoms with Gasteiger partial charge in [0.05, 0.1) is 12.2 Å². The second-order valence-electron chi connectivity index (χ2n) is 14.0. The van der Waals surface area contributed by atoms with Gasteiger partial charge in [0.25, 0.3) is 5.91 Å². The lowest BCUT2D eigenvalue weighted by Crippen LogP contribution is -2.57. The molecule has 57 heavy (non-hydrogen) atoms. The number of methoxy groups -OCH3 is 2. The lowest BCUT2D eigenvalue weighted by molar-refractivity contribution is -0.226. The Bertz CT molecular complexity index is 1740. The predicted octanol–water partition coefficient (Wildman–Crippen LogP) is 0.974. The summed E-state index contributed by atoms with van der Waals surface area (Å²) < 4.78 is 22.5. The maximum Gasteiger partial charge on any atom is 0.326 e. The number of phenols is 2. The van der Waals surface area contributed by atoms with Crippen molar-refractivity contribution in [1.29, 1.82) is 0 Å². The van der Waals surface area contributed by atoms with E-state index >= 15 is 0 Å². The summed E-state index contributed by atoms with van der Waals surface area (Å²) in [7, 11) is 2.66. The maximum absolute atomic E-state index is 14.5. The number of aromatic hydroxyl groups is 2. The van der Waals surface area contributed by atoms with Crippen molar-refractivity contribution in [2.24, 2.45) is 5.73 Å². The Morgan fingerprint density at radius 1 is 0.825 bits per heavy atom. The van der Waals surface area contributed by atoms with Crippen molar-refractivity contribution in [3.8, 4) is 11.5 Å². The molecule has 316 valence electrons. The minimum Gasteiger partial charge on any atom is -0.508 e. The summed E-state index contributed by atoms with van der Waals surface area (Å²) in [5, 5.41) is 82.6. The lowest BCUT2D eigenvalue weighted by atomic mass is 9.90. The third kappa shape index (κ3) is 10.6. The van der Waals surface area contributed by atoms with E-state index < -0.39 is 85.0 Å². The Hall–Kier alpha value is -3.80. The molecule has 0 bridgehead atoms. The van der Waals surface area contributed by atoms with Crippen LogP contribution in [0.15, 0.2) is 36.4 Å². The molecule has 1 amide bonds. The van der Waals surface area contributed by atoms with Crippen molar-refractivity contribution < 1.29 is 64.3 Å². The first-order valence-electron chi connectivity index (χ1n) is 18.3. The molecule has 2 aliphatic heterocycles. The Kier molecular flexibility index (Phi) is 16.3. The fourth-order valence-electron chi connectivity index (χ4n) is 6.93. The molecule has 0 spiro atoms. The molecular weight excluding hydrogens is 787 g/mol. The number of nitrogens with zero attached hydrogens (tertiary/aromatic N) is 1. The molecule has 0 unspecified atom stereocenters. The second kappa shape index (κ2) is 20.3. The first-order chi connectivity index (χ1) is 26.9. The van der Waals surface area contributed by atoms with Gasteiger partial charge < -0.3 is 76.4 Å². The molecule has 12 N–H and O–H groups in total. The van der Waals surface area contributed by atoms with E-state index in [0.717, 1.165) is 4.90 Å². The summed E-state index contributed by atoms with van der Waals surface area (Å²) in [5.74, 6) is -2.52. The number of hydrogen-bond donors (Lipinski definition) is 11. The van der Waals surface area contributed by atoms with Gasteiger partial charge in [-0.25, -0.2) is 4.79 Å². The Morgan fingerprint density at radius 2 is 1.30 bits per heavy atom. The quantitative estimate of drug-likeness (QED) is 0.0719. The number of nitrogens with one attached hydrogen (secondary N) is 3. The summed E-state index contributed by atoms with van der Waals surface area (Å²) in [6.07, 6.45) is -9.86. The van der Waals surface area contributed by atoms with Crippen LogP contribution in [-0.4, -0.2) is 144 Å². The van der Waals surface area contributed by atoms with Crippen LogP contribution in [0.1, 0.15) is 63.4 Å². The number of aliphatic hydroxyl groups is 4. The summed E-state index contributed by atoms with van der Waals surface area (Å²) in [5.41, 5.74) is 6.63. The molecule has 2 aromatic rings. The minimum atomic E-state index is -1.51. The molecule has 18 nitrogen and oxygen atoms in total. The van der Waals surface area contributed by atoms with Gasteiger partial charge in [-0.1, -0.05) is 0 Å². The van der Waals surface area contributed by atoms with Gasteiger partial charge in [-0.15, -0.1) is 0 Å². The molecule has 2 fully saturated rings. The van der Waals surface area contributed by atoms with Gasteiger partial charge in [0.1, 0.15) is 72.4 Å². The number of phenolic OH excluding ortho intramolecular Hbond substituents is 2. The lowest BCUT2D eigenvalue weighted by Gasteiger charge is -2.41. The number of thiocarbonyl (C=S) groups is 2. The van der Waals surface area contributed by atoms with Crippen molar-refractivity contribution in [2.45, 2.75) is 113 Å². The highest BCUT2D eigenvalue weighted by Crippen LogP contribution is 2.40. The topological polar surface area (TPSA) is 278 Å². The van der Waals surface area contributed by atoms with E-state index in [2.05, 4.69) is 16.0 Å². The number of hydrogen-bond acceptors (Lipinski definition) is 15. The highest BCUT2D eigenvalue weighted by atomic mass is 32.1. The maximum atomic E-state index is 14.5. The number of nitrogens with two attached hydrogens (primary N) is 1. The zero-order valence-corrected chi connectivity index (χ0v) is 33.8. The first kappa shape index (κ1) is 45.9. The molecule has 12 atom stereocenters. The summed E-state index contributed by atoms with van der Waals surface area (Å²) in [6, 6.07) is 5.55. The van der Waals surface area contributed by atoms with Gasteiger partial charge in [-0.2, -0.15) is 0 Å². The first-order valence-corrected chi connectivity index (χ1v) is 19.2. The van der Waals surface area contributed by atoms with Gasteiger partial charge in [0, 0.05) is 36.7 Å². The number of carboxylic acids is 1. The van der Waals surface area contributed by atoms with E-state index in [9.17, 15) is 45.3 Å². The van der Waals surface area contributed by atoms with Crippen molar-refractivity contribution in [3.63, 3.8) is 0 Å². The normalized spacial score (nSPS) is 28.5. The van der Waals surface area contributed by atoms with Crippen LogP contribution in [0.3, 0.4) is 0 Å². The molecule has 2 saturated heterocycles. The molecule has 20 heteroatoms.